The SMILES string of the molecule is CCOc1ccc(-n2nnc3cnc(C[C@@H]4CC[C@@H](C(=O)NCCO)C4)nc32)cc1. The van der Waals surface area contributed by atoms with Crippen molar-refractivity contribution in [1.29, 1.82) is 0 Å². The van der Waals surface area contributed by atoms with Crippen LogP contribution in [-0.2, 0) is 11.2 Å². The van der Waals surface area contributed by atoms with Gasteiger partial charge in [0.05, 0.1) is 25.1 Å². The zero-order chi connectivity index (χ0) is 20.9. The van der Waals surface area contributed by atoms with Crippen LogP contribution >= 0.6 is 0 Å². The second kappa shape index (κ2) is 9.17. The van der Waals surface area contributed by atoms with Crippen molar-refractivity contribution in [2.24, 2.45) is 11.8 Å². The molecular weight excluding hydrogens is 384 g/mol. The molecule has 9 heteroatoms. The van der Waals surface area contributed by atoms with E-state index in [0.717, 1.165) is 36.5 Å². The lowest BCUT2D eigenvalue weighted by Crippen LogP contribution is -2.31. The number of carbonyl (C=O) groups excluding carboxylic acids is 1. The summed E-state index contributed by atoms with van der Waals surface area (Å²) in [5.74, 6) is 1.93. The molecule has 9 nitrogen and oxygen atoms in total. The van der Waals surface area contributed by atoms with Crippen molar-refractivity contribution >= 4 is 17.1 Å². The predicted molar refractivity (Wildman–Crippen MR) is 110 cm³/mol. The van der Waals surface area contributed by atoms with Crippen LogP contribution in [0.15, 0.2) is 30.5 Å². The van der Waals surface area contributed by atoms with Gasteiger partial charge in [0.2, 0.25) is 5.91 Å². The fourth-order valence-electron chi connectivity index (χ4n) is 3.97. The number of carbonyl (C=O) groups is 1. The molecule has 1 aliphatic rings. The third-order valence-corrected chi connectivity index (χ3v) is 5.43. The van der Waals surface area contributed by atoms with Crippen LogP contribution in [0.5, 0.6) is 5.75 Å². The fourth-order valence-corrected chi connectivity index (χ4v) is 3.97. The van der Waals surface area contributed by atoms with Crippen LogP contribution in [-0.4, -0.2) is 55.7 Å². The van der Waals surface area contributed by atoms with E-state index in [1.165, 1.54) is 0 Å². The largest absolute Gasteiger partial charge is 0.494 e. The first-order valence-electron chi connectivity index (χ1n) is 10.4. The van der Waals surface area contributed by atoms with E-state index in [1.807, 2.05) is 31.2 Å². The number of hydrogen-bond donors (Lipinski definition) is 2. The van der Waals surface area contributed by atoms with Gasteiger partial charge in [-0.3, -0.25) is 4.79 Å². The Morgan fingerprint density at radius 2 is 2.13 bits per heavy atom. The summed E-state index contributed by atoms with van der Waals surface area (Å²) in [6.07, 6.45) is 5.06. The summed E-state index contributed by atoms with van der Waals surface area (Å²) in [5.41, 5.74) is 2.16. The van der Waals surface area contributed by atoms with Crippen molar-refractivity contribution in [3.05, 3.63) is 36.3 Å². The number of aliphatic hydroxyl groups is 1. The summed E-state index contributed by atoms with van der Waals surface area (Å²) in [5, 5.41) is 20.0. The Kier molecular flexibility index (Phi) is 6.18. The van der Waals surface area contributed by atoms with Crippen molar-refractivity contribution in [1.82, 2.24) is 30.3 Å². The number of ether oxygens (including phenoxy) is 1. The van der Waals surface area contributed by atoms with E-state index in [0.29, 0.717) is 36.7 Å². The number of hydrogen-bond acceptors (Lipinski definition) is 7. The molecule has 0 bridgehead atoms. The summed E-state index contributed by atoms with van der Waals surface area (Å²) in [6, 6.07) is 7.64. The van der Waals surface area contributed by atoms with Gasteiger partial charge >= 0.3 is 0 Å². The lowest BCUT2D eigenvalue weighted by Gasteiger charge is -2.11. The molecule has 1 fully saturated rings. The molecule has 1 saturated carbocycles. The maximum Gasteiger partial charge on any atom is 0.223 e. The summed E-state index contributed by atoms with van der Waals surface area (Å²) in [4.78, 5) is 21.3. The highest BCUT2D eigenvalue weighted by Crippen LogP contribution is 2.33. The molecule has 0 radical (unpaired) electrons. The Bertz CT molecular complexity index is 1000. The van der Waals surface area contributed by atoms with Gasteiger partial charge in [0.15, 0.2) is 11.2 Å². The van der Waals surface area contributed by atoms with Crippen molar-refractivity contribution < 1.29 is 14.6 Å². The second-order valence-electron chi connectivity index (χ2n) is 7.52. The zero-order valence-corrected chi connectivity index (χ0v) is 17.0. The summed E-state index contributed by atoms with van der Waals surface area (Å²) < 4.78 is 7.20. The number of benzene rings is 1. The number of rotatable bonds is 8. The number of nitrogens with zero attached hydrogens (tertiary/aromatic N) is 5. The van der Waals surface area contributed by atoms with Crippen molar-refractivity contribution in [3.8, 4) is 11.4 Å². The molecule has 0 aliphatic heterocycles. The first-order chi connectivity index (χ1) is 14.7. The fraction of sp³-hybridized carbons (Fsp3) is 0.476. The summed E-state index contributed by atoms with van der Waals surface area (Å²) >= 11 is 0. The highest BCUT2D eigenvalue weighted by molar-refractivity contribution is 5.78. The third kappa shape index (κ3) is 4.40. The van der Waals surface area contributed by atoms with Crippen LogP contribution in [0.2, 0.25) is 0 Å². The van der Waals surface area contributed by atoms with Crippen LogP contribution < -0.4 is 10.1 Å². The zero-order valence-electron chi connectivity index (χ0n) is 17.0. The Labute approximate surface area is 174 Å². The average molecular weight is 410 g/mol. The molecule has 0 unspecified atom stereocenters. The van der Waals surface area contributed by atoms with Crippen molar-refractivity contribution in [2.45, 2.75) is 32.6 Å². The standard InChI is InChI=1S/C21H26N6O3/c1-2-30-17-7-5-16(6-8-17)27-20-18(25-26-27)13-23-19(24-20)12-14-3-4-15(11-14)21(29)22-9-10-28/h5-8,13-15,28H,2-4,9-12H2,1H3,(H,22,29)/t14-,15-/m1/s1. The van der Waals surface area contributed by atoms with Gasteiger partial charge in [-0.15, -0.1) is 5.10 Å². The highest BCUT2D eigenvalue weighted by Gasteiger charge is 2.30. The van der Waals surface area contributed by atoms with Gasteiger partial charge in [-0.05, 0) is 56.4 Å². The topological polar surface area (TPSA) is 115 Å². The minimum atomic E-state index is -0.0359. The van der Waals surface area contributed by atoms with Gasteiger partial charge < -0.3 is 15.2 Å². The molecule has 4 rings (SSSR count). The van der Waals surface area contributed by atoms with Crippen LogP contribution in [0.1, 0.15) is 32.0 Å². The van der Waals surface area contributed by atoms with E-state index in [1.54, 1.807) is 10.9 Å². The van der Waals surface area contributed by atoms with Gasteiger partial charge in [0, 0.05) is 18.9 Å². The normalized spacial score (nSPS) is 18.6. The summed E-state index contributed by atoms with van der Waals surface area (Å²) in [7, 11) is 0. The third-order valence-electron chi connectivity index (χ3n) is 5.43. The molecule has 0 spiro atoms. The van der Waals surface area contributed by atoms with Gasteiger partial charge in [-0.1, -0.05) is 5.21 Å². The summed E-state index contributed by atoms with van der Waals surface area (Å²) in [6.45, 7) is 2.84. The van der Waals surface area contributed by atoms with Gasteiger partial charge in [-0.25, -0.2) is 9.97 Å². The van der Waals surface area contributed by atoms with Crippen LogP contribution in [0.3, 0.4) is 0 Å². The Morgan fingerprint density at radius 3 is 2.90 bits per heavy atom. The first-order valence-corrected chi connectivity index (χ1v) is 10.4. The average Bonchev–Trinajstić information content (AvgIpc) is 3.40. The molecule has 3 aromatic rings. The minimum absolute atomic E-state index is 0.00123. The first kappa shape index (κ1) is 20.2. The van der Waals surface area contributed by atoms with Crippen LogP contribution in [0.4, 0.5) is 0 Å². The number of aromatic nitrogens is 5. The van der Waals surface area contributed by atoms with Crippen molar-refractivity contribution in [2.75, 3.05) is 19.8 Å². The molecule has 0 saturated heterocycles. The molecule has 2 heterocycles. The van der Waals surface area contributed by atoms with E-state index < -0.39 is 0 Å². The Morgan fingerprint density at radius 1 is 1.30 bits per heavy atom. The minimum Gasteiger partial charge on any atom is -0.494 e. The van der Waals surface area contributed by atoms with Gasteiger partial charge in [-0.2, -0.15) is 4.68 Å². The molecule has 1 aliphatic carbocycles. The number of nitrogens with one attached hydrogen (secondary N) is 1. The van der Waals surface area contributed by atoms with Crippen LogP contribution in [0.25, 0.3) is 16.9 Å². The van der Waals surface area contributed by atoms with E-state index in [2.05, 4.69) is 20.6 Å². The smallest absolute Gasteiger partial charge is 0.223 e. The molecule has 2 aromatic heterocycles. The monoisotopic (exact) mass is 410 g/mol. The molecular formula is C21H26N6O3. The maximum absolute atomic E-state index is 12.1. The number of amides is 1. The number of fused-ring (bicyclic) bond motifs is 1. The van der Waals surface area contributed by atoms with Gasteiger partial charge in [0.1, 0.15) is 11.6 Å². The quantitative estimate of drug-likeness (QED) is 0.580. The predicted octanol–water partition coefficient (Wildman–Crippen LogP) is 1.68. The van der Waals surface area contributed by atoms with E-state index in [4.69, 9.17) is 14.8 Å². The number of aliphatic hydroxyl groups excluding tert-OH is 1. The Hall–Kier alpha value is -3.07. The van der Waals surface area contributed by atoms with Crippen LogP contribution in [0, 0.1) is 11.8 Å². The molecule has 2 atom stereocenters. The lowest BCUT2D eigenvalue weighted by atomic mass is 10.0. The van der Waals surface area contributed by atoms with Gasteiger partial charge in [0.25, 0.3) is 0 Å². The second-order valence-corrected chi connectivity index (χ2v) is 7.52. The molecule has 1 aromatic carbocycles. The molecule has 158 valence electrons. The molecule has 1 amide bonds. The Balaban J connectivity index is 1.47. The lowest BCUT2D eigenvalue weighted by molar-refractivity contribution is -0.125. The molecule has 30 heavy (non-hydrogen) atoms. The van der Waals surface area contributed by atoms with E-state index in [9.17, 15) is 4.79 Å². The van der Waals surface area contributed by atoms with E-state index >= 15 is 0 Å². The van der Waals surface area contributed by atoms with E-state index in [-0.39, 0.29) is 18.4 Å². The van der Waals surface area contributed by atoms with Crippen molar-refractivity contribution in [3.63, 3.8) is 0 Å². The molecule has 2 N–H and O–H groups in total. The highest BCUT2D eigenvalue weighted by atomic mass is 16.5. The maximum atomic E-state index is 12.1.